The Kier molecular flexibility index (Phi) is 4.95. The van der Waals surface area contributed by atoms with Crippen LogP contribution >= 0.6 is 0 Å². The SMILES string of the molecule is NC(=O)CNS(=O)(=O)c1ccc(-c2nnn(Cc3cnccn3)n2)cc1. The van der Waals surface area contributed by atoms with Crippen LogP contribution in [0.25, 0.3) is 11.4 Å². The van der Waals surface area contributed by atoms with E-state index in [1.54, 1.807) is 30.7 Å². The minimum atomic E-state index is -3.82. The van der Waals surface area contributed by atoms with Gasteiger partial charge in [0.25, 0.3) is 0 Å². The number of nitrogens with zero attached hydrogens (tertiary/aromatic N) is 6. The van der Waals surface area contributed by atoms with Crippen molar-refractivity contribution in [2.24, 2.45) is 5.73 Å². The quantitative estimate of drug-likeness (QED) is 0.529. The average Bonchev–Trinajstić information content (AvgIpc) is 3.09. The van der Waals surface area contributed by atoms with Crippen LogP contribution in [-0.2, 0) is 21.4 Å². The number of benzene rings is 1. The summed E-state index contributed by atoms with van der Waals surface area (Å²) in [5.41, 5.74) is 6.20. The highest BCUT2D eigenvalue weighted by molar-refractivity contribution is 7.89. The molecule has 0 atom stereocenters. The van der Waals surface area contributed by atoms with Crippen LogP contribution in [0.2, 0.25) is 0 Å². The fourth-order valence-electron chi connectivity index (χ4n) is 2.01. The van der Waals surface area contributed by atoms with Gasteiger partial charge in [0.1, 0.15) is 6.54 Å². The standard InChI is InChI=1S/C14H14N8O3S/c15-13(23)8-18-26(24,25)12-3-1-10(2-4-12)14-19-21-22(20-14)9-11-7-16-5-6-17-11/h1-7,18H,8-9H2,(H2,15,23). The molecule has 0 aliphatic heterocycles. The van der Waals surface area contributed by atoms with E-state index in [0.29, 0.717) is 23.6 Å². The van der Waals surface area contributed by atoms with Crippen LogP contribution in [-0.4, -0.2) is 51.0 Å². The molecule has 3 aromatic rings. The molecule has 2 aromatic heterocycles. The number of sulfonamides is 1. The maximum atomic E-state index is 12.0. The van der Waals surface area contributed by atoms with Crippen molar-refractivity contribution in [3.8, 4) is 11.4 Å². The molecule has 3 N–H and O–H groups in total. The van der Waals surface area contributed by atoms with Gasteiger partial charge in [-0.3, -0.25) is 14.8 Å². The van der Waals surface area contributed by atoms with Gasteiger partial charge in [0, 0.05) is 18.0 Å². The monoisotopic (exact) mass is 374 g/mol. The Labute approximate surface area is 148 Å². The Balaban J connectivity index is 1.74. The average molecular weight is 374 g/mol. The van der Waals surface area contributed by atoms with E-state index in [9.17, 15) is 13.2 Å². The Morgan fingerprint density at radius 3 is 2.62 bits per heavy atom. The molecule has 12 heteroatoms. The van der Waals surface area contributed by atoms with Crippen molar-refractivity contribution < 1.29 is 13.2 Å². The van der Waals surface area contributed by atoms with Crippen LogP contribution in [0.3, 0.4) is 0 Å². The van der Waals surface area contributed by atoms with E-state index in [0.717, 1.165) is 0 Å². The number of hydrogen-bond donors (Lipinski definition) is 2. The third kappa shape index (κ3) is 4.23. The Morgan fingerprint density at radius 2 is 1.96 bits per heavy atom. The Bertz CT molecular complexity index is 1000. The van der Waals surface area contributed by atoms with Crippen LogP contribution in [0.5, 0.6) is 0 Å². The number of aromatic nitrogens is 6. The third-order valence-electron chi connectivity index (χ3n) is 3.23. The molecular weight excluding hydrogens is 360 g/mol. The second kappa shape index (κ2) is 7.33. The first-order chi connectivity index (χ1) is 12.4. The van der Waals surface area contributed by atoms with E-state index in [1.807, 2.05) is 0 Å². The number of nitrogens with one attached hydrogen (secondary N) is 1. The van der Waals surface area contributed by atoms with Crippen molar-refractivity contribution >= 4 is 15.9 Å². The number of carbonyl (C=O) groups is 1. The van der Waals surface area contributed by atoms with Gasteiger partial charge >= 0.3 is 0 Å². The molecule has 0 aliphatic carbocycles. The molecule has 11 nitrogen and oxygen atoms in total. The highest BCUT2D eigenvalue weighted by Gasteiger charge is 2.15. The first-order valence-corrected chi connectivity index (χ1v) is 8.83. The maximum Gasteiger partial charge on any atom is 0.241 e. The minimum Gasteiger partial charge on any atom is -0.369 e. The zero-order chi connectivity index (χ0) is 18.6. The van der Waals surface area contributed by atoms with E-state index < -0.39 is 22.5 Å². The molecule has 1 amide bonds. The molecule has 2 heterocycles. The van der Waals surface area contributed by atoms with Crippen LogP contribution in [0.4, 0.5) is 0 Å². The van der Waals surface area contributed by atoms with Crippen LogP contribution < -0.4 is 10.5 Å². The normalized spacial score (nSPS) is 11.4. The molecule has 26 heavy (non-hydrogen) atoms. The van der Waals surface area contributed by atoms with Gasteiger partial charge in [-0.1, -0.05) is 0 Å². The van der Waals surface area contributed by atoms with E-state index in [4.69, 9.17) is 5.73 Å². The summed E-state index contributed by atoms with van der Waals surface area (Å²) in [6.07, 6.45) is 4.73. The van der Waals surface area contributed by atoms with Gasteiger partial charge < -0.3 is 5.73 Å². The molecular formula is C14H14N8O3S. The van der Waals surface area contributed by atoms with Gasteiger partial charge in [-0.15, -0.1) is 10.2 Å². The van der Waals surface area contributed by atoms with Crippen molar-refractivity contribution in [2.45, 2.75) is 11.4 Å². The summed E-state index contributed by atoms with van der Waals surface area (Å²) in [6.45, 7) is -0.160. The summed E-state index contributed by atoms with van der Waals surface area (Å²) in [4.78, 5) is 20.2. The molecule has 3 rings (SSSR count). The number of nitrogens with two attached hydrogens (primary N) is 1. The highest BCUT2D eigenvalue weighted by atomic mass is 32.2. The fourth-order valence-corrected chi connectivity index (χ4v) is 3.01. The van der Waals surface area contributed by atoms with Gasteiger partial charge in [-0.05, 0) is 29.5 Å². The lowest BCUT2D eigenvalue weighted by Gasteiger charge is -2.05. The van der Waals surface area contributed by atoms with Crippen molar-refractivity contribution in [3.05, 3.63) is 48.5 Å². The Morgan fingerprint density at radius 1 is 1.19 bits per heavy atom. The first-order valence-electron chi connectivity index (χ1n) is 7.35. The topological polar surface area (TPSA) is 159 Å². The minimum absolute atomic E-state index is 0.00514. The summed E-state index contributed by atoms with van der Waals surface area (Å²) in [7, 11) is -3.82. The summed E-state index contributed by atoms with van der Waals surface area (Å²) in [6, 6.07) is 5.84. The molecule has 0 bridgehead atoms. The van der Waals surface area contributed by atoms with Crippen molar-refractivity contribution in [1.29, 1.82) is 0 Å². The van der Waals surface area contributed by atoms with Crippen LogP contribution in [0.15, 0.2) is 47.8 Å². The van der Waals surface area contributed by atoms with E-state index in [-0.39, 0.29) is 4.90 Å². The highest BCUT2D eigenvalue weighted by Crippen LogP contribution is 2.17. The summed E-state index contributed by atoms with van der Waals surface area (Å²) < 4.78 is 26.1. The lowest BCUT2D eigenvalue weighted by molar-refractivity contribution is -0.116. The number of carbonyl (C=O) groups excluding carboxylic acids is 1. The van der Waals surface area contributed by atoms with Crippen molar-refractivity contribution in [3.63, 3.8) is 0 Å². The largest absolute Gasteiger partial charge is 0.369 e. The maximum absolute atomic E-state index is 12.0. The lowest BCUT2D eigenvalue weighted by Crippen LogP contribution is -2.33. The van der Waals surface area contributed by atoms with E-state index >= 15 is 0 Å². The fraction of sp³-hybridized carbons (Fsp3) is 0.143. The predicted molar refractivity (Wildman–Crippen MR) is 88.8 cm³/mol. The van der Waals surface area contributed by atoms with Gasteiger partial charge in [-0.2, -0.15) is 4.80 Å². The molecule has 0 saturated heterocycles. The molecule has 0 saturated carbocycles. The molecule has 0 aliphatic rings. The molecule has 0 fully saturated rings. The van der Waals surface area contributed by atoms with Gasteiger partial charge in [0.2, 0.25) is 21.8 Å². The Hall–Kier alpha value is -3.25. The van der Waals surface area contributed by atoms with E-state index in [2.05, 4.69) is 30.1 Å². The molecule has 0 spiro atoms. The summed E-state index contributed by atoms with van der Waals surface area (Å²) in [5.74, 6) is -0.433. The second-order valence-corrected chi connectivity index (χ2v) is 6.92. The lowest BCUT2D eigenvalue weighted by atomic mass is 10.2. The number of amides is 1. The van der Waals surface area contributed by atoms with Gasteiger partial charge in [0.15, 0.2) is 0 Å². The van der Waals surface area contributed by atoms with Crippen LogP contribution in [0, 0.1) is 0 Å². The van der Waals surface area contributed by atoms with Crippen molar-refractivity contribution in [1.82, 2.24) is 34.9 Å². The molecule has 134 valence electrons. The van der Waals surface area contributed by atoms with Crippen LogP contribution in [0.1, 0.15) is 5.69 Å². The number of tetrazole rings is 1. The zero-order valence-corrected chi connectivity index (χ0v) is 14.2. The summed E-state index contributed by atoms with van der Waals surface area (Å²) in [5, 5.41) is 12.1. The third-order valence-corrected chi connectivity index (χ3v) is 4.65. The summed E-state index contributed by atoms with van der Waals surface area (Å²) >= 11 is 0. The smallest absolute Gasteiger partial charge is 0.241 e. The number of primary amides is 1. The second-order valence-electron chi connectivity index (χ2n) is 5.16. The van der Waals surface area contributed by atoms with Gasteiger partial charge in [0.05, 0.1) is 23.3 Å². The number of rotatable bonds is 7. The predicted octanol–water partition coefficient (Wildman–Crippen LogP) is -1.06. The molecule has 1 aromatic carbocycles. The van der Waals surface area contributed by atoms with Gasteiger partial charge in [-0.25, -0.2) is 13.1 Å². The van der Waals surface area contributed by atoms with Crippen molar-refractivity contribution in [2.75, 3.05) is 6.54 Å². The molecule has 0 unspecified atom stereocenters. The zero-order valence-electron chi connectivity index (χ0n) is 13.3. The first kappa shape index (κ1) is 17.6. The number of hydrogen-bond acceptors (Lipinski definition) is 8. The van der Waals surface area contributed by atoms with E-state index in [1.165, 1.54) is 16.9 Å². The molecule has 0 radical (unpaired) electrons.